The van der Waals surface area contributed by atoms with Crippen LogP contribution in [-0.2, 0) is 4.74 Å². The van der Waals surface area contributed by atoms with E-state index in [0.29, 0.717) is 6.10 Å². The normalized spacial score (nSPS) is 24.9. The Kier molecular flexibility index (Phi) is 1.89. The lowest BCUT2D eigenvalue weighted by atomic mass is 10.1. The Labute approximate surface area is 87.0 Å². The van der Waals surface area contributed by atoms with Gasteiger partial charge in [-0.05, 0) is 17.0 Å². The van der Waals surface area contributed by atoms with Gasteiger partial charge in [-0.3, -0.25) is 0 Å². The molecule has 0 unspecified atom stereocenters. The molecule has 0 N–H and O–H groups in total. The summed E-state index contributed by atoms with van der Waals surface area (Å²) in [5, 5.41) is 2.10. The van der Waals surface area contributed by atoms with Crippen LogP contribution in [0.2, 0.25) is 0 Å². The number of hydrogen-bond acceptors (Lipinski definition) is 2. The summed E-state index contributed by atoms with van der Waals surface area (Å²) in [6.07, 6.45) is 0.590. The van der Waals surface area contributed by atoms with Crippen molar-refractivity contribution in [2.24, 2.45) is 0 Å². The molecule has 2 heterocycles. The molecule has 2 heteroatoms. The number of epoxide rings is 1. The Morgan fingerprint density at radius 3 is 2.50 bits per heavy atom. The summed E-state index contributed by atoms with van der Waals surface area (Å²) < 4.78 is 5.66. The molecule has 2 atom stereocenters. The smallest absolute Gasteiger partial charge is 0.123 e. The average Bonchev–Trinajstić information content (AvgIpc) is 2.87. The number of rotatable bonds is 2. The minimum Gasteiger partial charge on any atom is -0.359 e. The highest BCUT2D eigenvalue weighted by Gasteiger charge is 2.41. The van der Waals surface area contributed by atoms with Gasteiger partial charge in [0.2, 0.25) is 0 Å². The summed E-state index contributed by atoms with van der Waals surface area (Å²) in [6, 6.07) is 14.6. The van der Waals surface area contributed by atoms with E-state index in [4.69, 9.17) is 4.74 Å². The predicted molar refractivity (Wildman–Crippen MR) is 57.3 cm³/mol. The fourth-order valence-corrected chi connectivity index (χ4v) is 2.46. The van der Waals surface area contributed by atoms with E-state index in [1.165, 1.54) is 10.4 Å². The Hall–Kier alpha value is -1.12. The highest BCUT2D eigenvalue weighted by atomic mass is 32.1. The standard InChI is InChI=1S/C12H10OS/c1-2-5-9(6-3-1)11-12(13-11)10-7-4-8-14-10/h1-8,11-12H/t11-,12-/m1/s1. The van der Waals surface area contributed by atoms with E-state index in [9.17, 15) is 0 Å². The second-order valence-corrected chi connectivity index (χ2v) is 4.38. The Bertz CT molecular complexity index is 407. The molecule has 1 saturated heterocycles. The molecule has 1 aliphatic heterocycles. The van der Waals surface area contributed by atoms with Gasteiger partial charge in [0.15, 0.2) is 0 Å². The summed E-state index contributed by atoms with van der Waals surface area (Å²) in [7, 11) is 0. The van der Waals surface area contributed by atoms with Gasteiger partial charge in [-0.15, -0.1) is 11.3 Å². The first-order chi connectivity index (χ1) is 6.95. The van der Waals surface area contributed by atoms with E-state index in [1.807, 2.05) is 6.07 Å². The molecule has 1 aliphatic rings. The van der Waals surface area contributed by atoms with Crippen molar-refractivity contribution in [1.29, 1.82) is 0 Å². The van der Waals surface area contributed by atoms with E-state index < -0.39 is 0 Å². The van der Waals surface area contributed by atoms with Crippen LogP contribution in [0, 0.1) is 0 Å². The molecule has 1 aromatic carbocycles. The molecule has 70 valence electrons. The lowest BCUT2D eigenvalue weighted by Gasteiger charge is -1.92. The molecule has 0 bridgehead atoms. The van der Waals surface area contributed by atoms with Crippen molar-refractivity contribution in [3.63, 3.8) is 0 Å². The first kappa shape index (κ1) is 8.21. The van der Waals surface area contributed by atoms with Crippen LogP contribution in [0.3, 0.4) is 0 Å². The van der Waals surface area contributed by atoms with Crippen molar-refractivity contribution in [3.05, 3.63) is 58.3 Å². The fraction of sp³-hybridized carbons (Fsp3) is 0.167. The molecule has 0 radical (unpaired) electrons. The molecule has 1 nitrogen and oxygen atoms in total. The lowest BCUT2D eigenvalue weighted by molar-refractivity contribution is 0.379. The maximum atomic E-state index is 5.66. The zero-order valence-corrected chi connectivity index (χ0v) is 8.41. The maximum absolute atomic E-state index is 5.66. The third-order valence-electron chi connectivity index (χ3n) is 2.44. The second kappa shape index (κ2) is 3.23. The van der Waals surface area contributed by atoms with Gasteiger partial charge in [-0.2, -0.15) is 0 Å². The van der Waals surface area contributed by atoms with E-state index in [0.717, 1.165) is 0 Å². The first-order valence-electron chi connectivity index (χ1n) is 4.69. The summed E-state index contributed by atoms with van der Waals surface area (Å²) in [6.45, 7) is 0. The van der Waals surface area contributed by atoms with Crippen LogP contribution in [-0.4, -0.2) is 0 Å². The molecular formula is C12H10OS. The van der Waals surface area contributed by atoms with Crippen LogP contribution < -0.4 is 0 Å². The Balaban J connectivity index is 1.81. The summed E-state index contributed by atoms with van der Waals surface area (Å²) in [5.41, 5.74) is 1.28. The molecule has 0 aliphatic carbocycles. The highest BCUT2D eigenvalue weighted by Crippen LogP contribution is 2.51. The van der Waals surface area contributed by atoms with Crippen LogP contribution in [0.15, 0.2) is 47.8 Å². The largest absolute Gasteiger partial charge is 0.359 e. The zero-order valence-electron chi connectivity index (χ0n) is 7.59. The van der Waals surface area contributed by atoms with Gasteiger partial charge in [0.05, 0.1) is 0 Å². The summed E-state index contributed by atoms with van der Waals surface area (Å²) >= 11 is 1.77. The Morgan fingerprint density at radius 2 is 1.79 bits per heavy atom. The Morgan fingerprint density at radius 1 is 0.929 bits per heavy atom. The van der Waals surface area contributed by atoms with Gasteiger partial charge in [0.25, 0.3) is 0 Å². The molecule has 14 heavy (non-hydrogen) atoms. The van der Waals surface area contributed by atoms with Crippen molar-refractivity contribution in [3.8, 4) is 0 Å². The quantitative estimate of drug-likeness (QED) is 0.678. The molecule has 3 rings (SSSR count). The fourth-order valence-electron chi connectivity index (χ4n) is 1.68. The number of benzene rings is 1. The predicted octanol–water partition coefficient (Wildman–Crippen LogP) is 3.56. The van der Waals surface area contributed by atoms with Gasteiger partial charge in [-0.25, -0.2) is 0 Å². The molecular weight excluding hydrogens is 192 g/mol. The van der Waals surface area contributed by atoms with E-state index in [-0.39, 0.29) is 6.10 Å². The molecule has 1 aromatic heterocycles. The molecule has 0 saturated carbocycles. The monoisotopic (exact) mass is 202 g/mol. The van der Waals surface area contributed by atoms with Crippen LogP contribution in [0.1, 0.15) is 22.6 Å². The van der Waals surface area contributed by atoms with Crippen molar-refractivity contribution >= 4 is 11.3 Å². The zero-order chi connectivity index (χ0) is 9.38. The van der Waals surface area contributed by atoms with Crippen molar-refractivity contribution < 1.29 is 4.74 Å². The van der Waals surface area contributed by atoms with Crippen LogP contribution in [0.5, 0.6) is 0 Å². The van der Waals surface area contributed by atoms with Crippen LogP contribution in [0.25, 0.3) is 0 Å². The minimum atomic E-state index is 0.287. The number of thiophene rings is 1. The first-order valence-corrected chi connectivity index (χ1v) is 5.57. The van der Waals surface area contributed by atoms with Crippen molar-refractivity contribution in [2.75, 3.05) is 0 Å². The lowest BCUT2D eigenvalue weighted by Crippen LogP contribution is -1.80. The van der Waals surface area contributed by atoms with E-state index >= 15 is 0 Å². The maximum Gasteiger partial charge on any atom is 0.123 e. The van der Waals surface area contributed by atoms with Gasteiger partial charge in [-0.1, -0.05) is 36.4 Å². The summed E-state index contributed by atoms with van der Waals surface area (Å²) in [5.74, 6) is 0. The minimum absolute atomic E-state index is 0.287. The van der Waals surface area contributed by atoms with Gasteiger partial charge in [0, 0.05) is 4.88 Å². The molecule has 2 aromatic rings. The van der Waals surface area contributed by atoms with Crippen LogP contribution >= 0.6 is 11.3 Å². The van der Waals surface area contributed by atoms with Crippen LogP contribution in [0.4, 0.5) is 0 Å². The highest BCUT2D eigenvalue weighted by molar-refractivity contribution is 7.10. The number of hydrogen-bond donors (Lipinski definition) is 0. The second-order valence-electron chi connectivity index (χ2n) is 3.40. The van der Waals surface area contributed by atoms with E-state index in [2.05, 4.69) is 41.8 Å². The van der Waals surface area contributed by atoms with Gasteiger partial charge < -0.3 is 4.74 Å². The molecule has 1 fully saturated rings. The number of ether oxygens (including phenoxy) is 1. The molecule has 0 spiro atoms. The van der Waals surface area contributed by atoms with Crippen molar-refractivity contribution in [1.82, 2.24) is 0 Å². The third kappa shape index (κ3) is 1.37. The SMILES string of the molecule is c1ccc([C@H]2O[C@@H]2c2cccs2)cc1. The third-order valence-corrected chi connectivity index (χ3v) is 3.38. The summed E-state index contributed by atoms with van der Waals surface area (Å²) in [4.78, 5) is 1.33. The molecule has 0 amide bonds. The average molecular weight is 202 g/mol. The van der Waals surface area contributed by atoms with Gasteiger partial charge >= 0.3 is 0 Å². The topological polar surface area (TPSA) is 12.5 Å². The van der Waals surface area contributed by atoms with Gasteiger partial charge in [0.1, 0.15) is 12.2 Å². The van der Waals surface area contributed by atoms with Crippen molar-refractivity contribution in [2.45, 2.75) is 12.2 Å². The van der Waals surface area contributed by atoms with E-state index in [1.54, 1.807) is 11.3 Å².